The van der Waals surface area contributed by atoms with Gasteiger partial charge in [-0.05, 0) is 74.8 Å². The van der Waals surface area contributed by atoms with Crippen molar-refractivity contribution >= 4 is 26.0 Å². The number of rotatable bonds is 11. The Bertz CT molecular complexity index is 855. The van der Waals surface area contributed by atoms with E-state index in [1.54, 1.807) is 0 Å². The van der Waals surface area contributed by atoms with Crippen molar-refractivity contribution in [3.8, 4) is 0 Å². The molecule has 0 spiro atoms. The zero-order valence-corrected chi connectivity index (χ0v) is 27.9. The molecule has 0 aliphatic heterocycles. The first kappa shape index (κ1) is 37.0. The molecule has 0 unspecified atom stereocenters. The van der Waals surface area contributed by atoms with Crippen LogP contribution in [0.4, 0.5) is 0 Å². The predicted molar refractivity (Wildman–Crippen MR) is 175 cm³/mol. The van der Waals surface area contributed by atoms with E-state index < -0.39 is 0 Å². The quantitative estimate of drug-likeness (QED) is 0.0873. The second-order valence-electron chi connectivity index (χ2n) is 9.10. The van der Waals surface area contributed by atoms with E-state index in [9.17, 15) is 0 Å². The molecule has 0 amide bonds. The first-order valence-corrected chi connectivity index (χ1v) is 18.9. The van der Waals surface area contributed by atoms with Crippen LogP contribution in [-0.4, -0.2) is 24.6 Å². The molecule has 0 heterocycles. The molecule has 3 rings (SSSR count). The van der Waals surface area contributed by atoms with Gasteiger partial charge in [-0.2, -0.15) is 35.9 Å². The van der Waals surface area contributed by atoms with Crippen molar-refractivity contribution in [1.29, 1.82) is 0 Å². The molecule has 4 heteroatoms. The van der Waals surface area contributed by atoms with Crippen molar-refractivity contribution in [2.24, 2.45) is 0 Å². The number of halogens is 1. The van der Waals surface area contributed by atoms with Crippen molar-refractivity contribution in [1.82, 2.24) is 0 Å². The van der Waals surface area contributed by atoms with Gasteiger partial charge in [0.05, 0.1) is 0 Å². The number of hydrogen-bond donors (Lipinski definition) is 0. The SMILES string of the molecule is CC(C)=CCCc1[c-]cccc1.CCP(CC)Cc1ccccc1.CCP(CC)Cc1ccccc1.[Cl][Ni]. The summed E-state index contributed by atoms with van der Waals surface area (Å²) < 4.78 is 0. The molecule has 0 N–H and O–H groups in total. The van der Waals surface area contributed by atoms with Gasteiger partial charge in [-0.1, -0.05) is 100 Å². The summed E-state index contributed by atoms with van der Waals surface area (Å²) in [6.07, 6.45) is 12.6. The van der Waals surface area contributed by atoms with Gasteiger partial charge in [-0.3, -0.25) is 0 Å². The topological polar surface area (TPSA) is 0 Å². The molecule has 0 saturated carbocycles. The summed E-state index contributed by atoms with van der Waals surface area (Å²) in [6.45, 7) is 13.5. The Hall–Kier alpha value is -0.956. The number of allylic oxidation sites excluding steroid dienone is 2. The van der Waals surface area contributed by atoms with Crippen LogP contribution in [0.15, 0.2) is 96.6 Å². The molecule has 38 heavy (non-hydrogen) atoms. The van der Waals surface area contributed by atoms with Gasteiger partial charge >= 0.3 is 24.8 Å². The summed E-state index contributed by atoms with van der Waals surface area (Å²) in [6, 6.07) is 33.0. The summed E-state index contributed by atoms with van der Waals surface area (Å²) in [5, 5.41) is 0. The van der Waals surface area contributed by atoms with E-state index in [1.807, 2.05) is 12.1 Å². The van der Waals surface area contributed by atoms with Crippen molar-refractivity contribution < 1.29 is 14.6 Å². The molecule has 3 aromatic carbocycles. The molecule has 0 fully saturated rings. The van der Waals surface area contributed by atoms with Crippen LogP contribution in [0.1, 0.15) is 64.7 Å². The van der Waals surface area contributed by atoms with Gasteiger partial charge in [0.1, 0.15) is 0 Å². The van der Waals surface area contributed by atoms with Crippen molar-refractivity contribution in [3.63, 3.8) is 0 Å². The van der Waals surface area contributed by atoms with E-state index in [1.165, 1.54) is 59.2 Å². The standard InChI is InChI=1S/C12H15.2C11H17P.ClH.Ni/c1-11(2)7-6-10-12-8-4-3-5-9-12;2*1-3-12(4-2)10-11-8-6-5-7-9-11;;/h3-5,7-8H,6,10H2,1-2H3;2*5-9H,3-4,10H2,1-2H3;1H;/q-1;;;;+1/p-1. The Kier molecular flexibility index (Phi) is 25.6. The van der Waals surface area contributed by atoms with E-state index in [0.29, 0.717) is 0 Å². The molecule has 213 valence electrons. The Morgan fingerprint density at radius 1 is 0.684 bits per heavy atom. The summed E-state index contributed by atoms with van der Waals surface area (Å²) in [5.41, 5.74) is 5.71. The normalized spacial score (nSPS) is 9.87. The third-order valence-electron chi connectivity index (χ3n) is 6.03. The molecule has 0 bridgehead atoms. The second kappa shape index (κ2) is 26.3. The maximum absolute atomic E-state index is 4.26. The Morgan fingerprint density at radius 2 is 1.11 bits per heavy atom. The Labute approximate surface area is 250 Å². The van der Waals surface area contributed by atoms with Crippen molar-refractivity contribution in [2.45, 2.75) is 66.7 Å². The summed E-state index contributed by atoms with van der Waals surface area (Å²) in [4.78, 5) is 0. The van der Waals surface area contributed by atoms with Gasteiger partial charge in [0.25, 0.3) is 0 Å². The number of benzene rings is 3. The summed E-state index contributed by atoms with van der Waals surface area (Å²) >= 11 is 3.35. The van der Waals surface area contributed by atoms with Crippen LogP contribution in [0.3, 0.4) is 0 Å². The fraction of sp³-hybridized carbons (Fsp3) is 0.412. The van der Waals surface area contributed by atoms with Gasteiger partial charge in [-0.25, -0.2) is 0 Å². The minimum atomic E-state index is 0.267. The van der Waals surface area contributed by atoms with Crippen molar-refractivity contribution in [3.05, 3.63) is 119 Å². The molecule has 0 radical (unpaired) electrons. The molecule has 3 aromatic rings. The van der Waals surface area contributed by atoms with Crippen molar-refractivity contribution in [2.75, 3.05) is 24.6 Å². The van der Waals surface area contributed by atoms with Gasteiger partial charge in [-0.15, -0.1) is 15.8 Å². The van der Waals surface area contributed by atoms with Crippen LogP contribution in [-0.2, 0) is 33.3 Å². The zero-order chi connectivity index (χ0) is 28.4. The van der Waals surface area contributed by atoms with Gasteiger partial charge in [0, 0.05) is 0 Å². The van der Waals surface area contributed by atoms with Crippen LogP contribution < -0.4 is 0 Å². The van der Waals surface area contributed by atoms with Crippen LogP contribution in [0.25, 0.3) is 0 Å². The third kappa shape index (κ3) is 20.0. The predicted octanol–water partition coefficient (Wildman–Crippen LogP) is 11.5. The fourth-order valence-corrected chi connectivity index (χ4v) is 6.92. The number of hydrogen-bond acceptors (Lipinski definition) is 0. The molecule has 0 aliphatic carbocycles. The van der Waals surface area contributed by atoms with E-state index in [-0.39, 0.29) is 15.8 Å². The third-order valence-corrected chi connectivity index (χ3v) is 11.2. The molecular weight excluding hydrogens is 564 g/mol. The Balaban J connectivity index is 0.000000523. The molecule has 0 aliphatic rings. The Morgan fingerprint density at radius 3 is 1.45 bits per heavy atom. The van der Waals surface area contributed by atoms with E-state index in [4.69, 9.17) is 0 Å². The first-order chi connectivity index (χ1) is 18.5. The van der Waals surface area contributed by atoms with E-state index in [2.05, 4.69) is 151 Å². The molecule has 0 nitrogen and oxygen atoms in total. The van der Waals surface area contributed by atoms with E-state index in [0.717, 1.165) is 12.8 Å². The average molecular weight is 614 g/mol. The van der Waals surface area contributed by atoms with Gasteiger partial charge in [0.2, 0.25) is 0 Å². The molecule has 0 saturated heterocycles. The molecule has 0 aromatic heterocycles. The minimum absolute atomic E-state index is 0.267. The molecule has 0 atom stereocenters. The number of aryl methyl sites for hydroxylation is 1. The second-order valence-corrected chi connectivity index (χ2v) is 14.9. The van der Waals surface area contributed by atoms with Crippen LogP contribution in [0, 0.1) is 6.07 Å². The van der Waals surface area contributed by atoms with Crippen LogP contribution in [0.5, 0.6) is 0 Å². The summed E-state index contributed by atoms with van der Waals surface area (Å²) in [5.74, 6) is 0. The maximum atomic E-state index is 4.26. The van der Waals surface area contributed by atoms with Crippen LogP contribution >= 0.6 is 26.0 Å². The average Bonchev–Trinajstić information content (AvgIpc) is 2.98. The monoisotopic (exact) mass is 612 g/mol. The fourth-order valence-electron chi connectivity index (χ4n) is 3.68. The first-order valence-electron chi connectivity index (χ1n) is 13.8. The van der Waals surface area contributed by atoms with Gasteiger partial charge < -0.3 is 0 Å². The zero-order valence-electron chi connectivity index (χ0n) is 24.4. The van der Waals surface area contributed by atoms with Crippen LogP contribution in [0.2, 0.25) is 0 Å². The molecular formula is C34H49ClNiP2-. The summed E-state index contributed by atoms with van der Waals surface area (Å²) in [7, 11) is 4.80. The van der Waals surface area contributed by atoms with E-state index >= 15 is 0 Å². The van der Waals surface area contributed by atoms with Gasteiger partial charge in [0.15, 0.2) is 0 Å².